The van der Waals surface area contributed by atoms with Crippen LogP contribution in [0.25, 0.3) is 11.4 Å². The predicted molar refractivity (Wildman–Crippen MR) is 69.0 cm³/mol. The molecule has 0 radical (unpaired) electrons. The third-order valence-corrected chi connectivity index (χ3v) is 3.20. The van der Waals surface area contributed by atoms with Crippen LogP contribution < -0.4 is 5.73 Å². The molecule has 0 aliphatic heterocycles. The number of nitrogen functional groups attached to an aromatic ring is 1. The van der Waals surface area contributed by atoms with Crippen molar-refractivity contribution in [3.8, 4) is 11.4 Å². The molecule has 2 N–H and O–H groups in total. The standard InChI is InChI=1S/C12H9FN4OS/c13-8-3-1-7(2-4-8)11-16-10(18-17-11)5-9-6-19-12(14)15-9/h1-4,6H,5H2,(H2,14,15). The average Bonchev–Trinajstić information content (AvgIpc) is 3.00. The van der Waals surface area contributed by atoms with E-state index in [9.17, 15) is 4.39 Å². The van der Waals surface area contributed by atoms with E-state index in [1.165, 1.54) is 23.5 Å². The number of hydrogen-bond acceptors (Lipinski definition) is 6. The van der Waals surface area contributed by atoms with Crippen molar-refractivity contribution < 1.29 is 8.91 Å². The van der Waals surface area contributed by atoms with Gasteiger partial charge in [0.25, 0.3) is 0 Å². The summed E-state index contributed by atoms with van der Waals surface area (Å²) in [4.78, 5) is 8.36. The molecule has 0 saturated carbocycles. The summed E-state index contributed by atoms with van der Waals surface area (Å²) in [5.74, 6) is 0.577. The number of thiazole rings is 1. The van der Waals surface area contributed by atoms with Crippen LogP contribution in [0.2, 0.25) is 0 Å². The fraction of sp³-hybridized carbons (Fsp3) is 0.0833. The van der Waals surface area contributed by atoms with Crippen LogP contribution in [0.1, 0.15) is 11.6 Å². The molecule has 0 fully saturated rings. The maximum absolute atomic E-state index is 12.8. The highest BCUT2D eigenvalue weighted by Crippen LogP contribution is 2.18. The van der Waals surface area contributed by atoms with Crippen molar-refractivity contribution in [3.05, 3.63) is 47.0 Å². The lowest BCUT2D eigenvalue weighted by molar-refractivity contribution is 0.385. The van der Waals surface area contributed by atoms with Crippen LogP contribution >= 0.6 is 11.3 Å². The zero-order valence-corrected chi connectivity index (χ0v) is 10.5. The summed E-state index contributed by atoms with van der Waals surface area (Å²) in [7, 11) is 0. The Hall–Kier alpha value is -2.28. The van der Waals surface area contributed by atoms with Gasteiger partial charge in [0.1, 0.15) is 5.82 Å². The number of hydrogen-bond donors (Lipinski definition) is 1. The summed E-state index contributed by atoms with van der Waals surface area (Å²) in [5.41, 5.74) is 7.04. The summed E-state index contributed by atoms with van der Waals surface area (Å²) < 4.78 is 17.9. The van der Waals surface area contributed by atoms with Gasteiger partial charge >= 0.3 is 0 Å². The molecule has 2 heterocycles. The van der Waals surface area contributed by atoms with Gasteiger partial charge in [0.05, 0.1) is 12.1 Å². The van der Waals surface area contributed by atoms with Gasteiger partial charge in [-0.25, -0.2) is 9.37 Å². The lowest BCUT2D eigenvalue weighted by Crippen LogP contribution is -1.90. The van der Waals surface area contributed by atoms with E-state index in [2.05, 4.69) is 15.1 Å². The number of nitrogens with zero attached hydrogens (tertiary/aromatic N) is 3. The Bertz CT molecular complexity index is 692. The van der Waals surface area contributed by atoms with Gasteiger partial charge in [0.15, 0.2) is 5.13 Å². The van der Waals surface area contributed by atoms with Crippen molar-refractivity contribution in [2.75, 3.05) is 5.73 Å². The minimum absolute atomic E-state index is 0.301. The van der Waals surface area contributed by atoms with E-state index >= 15 is 0 Å². The van der Waals surface area contributed by atoms with Gasteiger partial charge in [-0.05, 0) is 24.3 Å². The van der Waals surface area contributed by atoms with Gasteiger partial charge in [0.2, 0.25) is 11.7 Å². The van der Waals surface area contributed by atoms with Crippen molar-refractivity contribution in [2.45, 2.75) is 6.42 Å². The lowest BCUT2D eigenvalue weighted by atomic mass is 10.2. The number of rotatable bonds is 3. The highest BCUT2D eigenvalue weighted by Gasteiger charge is 2.10. The Labute approximate surface area is 111 Å². The normalized spacial score (nSPS) is 10.8. The first-order valence-corrected chi connectivity index (χ1v) is 6.37. The fourth-order valence-corrected chi connectivity index (χ4v) is 2.16. The second-order valence-electron chi connectivity index (χ2n) is 3.87. The SMILES string of the molecule is Nc1nc(Cc2nc(-c3ccc(F)cc3)no2)cs1. The molecule has 19 heavy (non-hydrogen) atoms. The topological polar surface area (TPSA) is 77.8 Å². The van der Waals surface area contributed by atoms with Crippen molar-refractivity contribution in [1.82, 2.24) is 15.1 Å². The lowest BCUT2D eigenvalue weighted by Gasteiger charge is -1.92. The summed E-state index contributed by atoms with van der Waals surface area (Å²) in [6.45, 7) is 0. The third-order valence-electron chi connectivity index (χ3n) is 2.47. The maximum Gasteiger partial charge on any atom is 0.233 e. The molecule has 96 valence electrons. The molecule has 5 nitrogen and oxygen atoms in total. The number of nitrogens with two attached hydrogens (primary N) is 1. The largest absolute Gasteiger partial charge is 0.375 e. The number of benzene rings is 1. The quantitative estimate of drug-likeness (QED) is 0.795. The van der Waals surface area contributed by atoms with Crippen LogP contribution in [-0.4, -0.2) is 15.1 Å². The number of anilines is 1. The highest BCUT2D eigenvalue weighted by molar-refractivity contribution is 7.13. The molecule has 2 aromatic heterocycles. The fourth-order valence-electron chi connectivity index (χ4n) is 1.60. The zero-order valence-electron chi connectivity index (χ0n) is 9.71. The molecular weight excluding hydrogens is 267 g/mol. The van der Waals surface area contributed by atoms with Crippen LogP contribution in [-0.2, 0) is 6.42 Å². The molecule has 0 unspecified atom stereocenters. The molecular formula is C12H9FN4OS. The Morgan fingerprint density at radius 1 is 1.21 bits per heavy atom. The van der Waals surface area contributed by atoms with E-state index in [0.717, 1.165) is 5.69 Å². The third kappa shape index (κ3) is 2.60. The van der Waals surface area contributed by atoms with E-state index in [-0.39, 0.29) is 5.82 Å². The van der Waals surface area contributed by atoms with Crippen LogP contribution in [0.15, 0.2) is 34.2 Å². The Morgan fingerprint density at radius 3 is 2.68 bits per heavy atom. The first kappa shape index (κ1) is 11.8. The van der Waals surface area contributed by atoms with Gasteiger partial charge in [0, 0.05) is 10.9 Å². The van der Waals surface area contributed by atoms with Crippen molar-refractivity contribution >= 4 is 16.5 Å². The van der Waals surface area contributed by atoms with Crippen molar-refractivity contribution in [1.29, 1.82) is 0 Å². The van der Waals surface area contributed by atoms with Crippen LogP contribution in [0.3, 0.4) is 0 Å². The summed E-state index contributed by atoms with van der Waals surface area (Å²) in [5, 5.41) is 6.21. The zero-order chi connectivity index (χ0) is 13.2. The Kier molecular flexibility index (Phi) is 2.96. The minimum atomic E-state index is -0.301. The molecule has 0 amide bonds. The number of aromatic nitrogens is 3. The van der Waals surface area contributed by atoms with E-state index < -0.39 is 0 Å². The van der Waals surface area contributed by atoms with Gasteiger partial charge in [-0.2, -0.15) is 4.98 Å². The smallest absolute Gasteiger partial charge is 0.233 e. The molecule has 3 aromatic rings. The second kappa shape index (κ2) is 4.77. The molecule has 0 atom stereocenters. The van der Waals surface area contributed by atoms with Gasteiger partial charge in [-0.15, -0.1) is 11.3 Å². The average molecular weight is 276 g/mol. The first-order chi connectivity index (χ1) is 9.20. The Balaban J connectivity index is 1.81. The molecule has 0 aliphatic carbocycles. The molecule has 0 bridgehead atoms. The van der Waals surface area contributed by atoms with Gasteiger partial charge in [-0.1, -0.05) is 5.16 Å². The van der Waals surface area contributed by atoms with Crippen molar-refractivity contribution in [3.63, 3.8) is 0 Å². The maximum atomic E-state index is 12.8. The molecule has 0 saturated heterocycles. The van der Waals surface area contributed by atoms with E-state index in [0.29, 0.717) is 28.8 Å². The van der Waals surface area contributed by atoms with Crippen LogP contribution in [0, 0.1) is 5.82 Å². The predicted octanol–water partition coefficient (Wildman–Crippen LogP) is 2.51. The summed E-state index contributed by atoms with van der Waals surface area (Å²) >= 11 is 1.36. The van der Waals surface area contributed by atoms with Crippen LogP contribution in [0.4, 0.5) is 9.52 Å². The highest BCUT2D eigenvalue weighted by atomic mass is 32.1. The molecule has 1 aromatic carbocycles. The summed E-state index contributed by atoms with van der Waals surface area (Å²) in [6, 6.07) is 5.91. The van der Waals surface area contributed by atoms with E-state index in [4.69, 9.17) is 10.3 Å². The van der Waals surface area contributed by atoms with Crippen LogP contribution in [0.5, 0.6) is 0 Å². The molecule has 7 heteroatoms. The Morgan fingerprint density at radius 2 is 2.00 bits per heavy atom. The van der Waals surface area contributed by atoms with Gasteiger partial charge < -0.3 is 10.3 Å². The van der Waals surface area contributed by atoms with E-state index in [1.54, 1.807) is 12.1 Å². The van der Waals surface area contributed by atoms with Gasteiger partial charge in [-0.3, -0.25) is 0 Å². The van der Waals surface area contributed by atoms with Crippen molar-refractivity contribution in [2.24, 2.45) is 0 Å². The minimum Gasteiger partial charge on any atom is -0.375 e. The summed E-state index contributed by atoms with van der Waals surface area (Å²) in [6.07, 6.45) is 0.432. The molecule has 3 rings (SSSR count). The monoisotopic (exact) mass is 276 g/mol. The molecule has 0 spiro atoms. The second-order valence-corrected chi connectivity index (χ2v) is 4.76. The number of halogens is 1. The molecule has 0 aliphatic rings. The first-order valence-electron chi connectivity index (χ1n) is 5.49. The van der Waals surface area contributed by atoms with E-state index in [1.807, 2.05) is 5.38 Å².